The molecule has 6 nitrogen and oxygen atoms in total. The minimum atomic E-state index is -0.660. The summed E-state index contributed by atoms with van der Waals surface area (Å²) in [7, 11) is 2.06. The highest BCUT2D eigenvalue weighted by molar-refractivity contribution is 7.16. The van der Waals surface area contributed by atoms with Crippen molar-refractivity contribution in [1.82, 2.24) is 4.90 Å². The lowest BCUT2D eigenvalue weighted by atomic mass is 10.3. The molecule has 2 rings (SSSR count). The molecule has 0 bridgehead atoms. The lowest BCUT2D eigenvalue weighted by Crippen LogP contribution is -2.28. The van der Waals surface area contributed by atoms with E-state index in [9.17, 15) is 15.2 Å². The van der Waals surface area contributed by atoms with Gasteiger partial charge in [0.2, 0.25) is 0 Å². The predicted molar refractivity (Wildman–Crippen MR) is 75.9 cm³/mol. The summed E-state index contributed by atoms with van der Waals surface area (Å²) in [6.07, 6.45) is 0.336. The summed E-state index contributed by atoms with van der Waals surface area (Å²) < 4.78 is 0. The second-order valence-corrected chi connectivity index (χ2v) is 5.98. The van der Waals surface area contributed by atoms with Crippen LogP contribution in [-0.4, -0.2) is 48.2 Å². The van der Waals surface area contributed by atoms with Crippen molar-refractivity contribution in [3.8, 4) is 0 Å². The number of hydrogen-bond acceptors (Lipinski definition) is 6. The van der Waals surface area contributed by atoms with Gasteiger partial charge in [0.15, 0.2) is 5.00 Å². The molecule has 1 aromatic heterocycles. The maximum atomic E-state index is 11.1. The molecule has 0 aromatic carbocycles. The van der Waals surface area contributed by atoms with Gasteiger partial charge in [-0.25, -0.2) is 0 Å². The van der Waals surface area contributed by atoms with E-state index in [0.29, 0.717) is 9.88 Å². The Kier molecular flexibility index (Phi) is 4.38. The van der Waals surface area contributed by atoms with Crippen molar-refractivity contribution in [3.05, 3.63) is 21.1 Å². The van der Waals surface area contributed by atoms with Crippen molar-refractivity contribution in [2.45, 2.75) is 19.4 Å². The van der Waals surface area contributed by atoms with Crippen LogP contribution in [0.25, 0.3) is 0 Å². The first-order valence-electron chi connectivity index (χ1n) is 6.38. The summed E-state index contributed by atoms with van der Waals surface area (Å²) in [6, 6.07) is 1.50. The first kappa shape index (κ1) is 14.2. The molecule has 7 heteroatoms. The summed E-state index contributed by atoms with van der Waals surface area (Å²) in [6.45, 7) is 5.16. The maximum Gasteiger partial charge on any atom is 0.304 e. The van der Waals surface area contributed by atoms with Crippen molar-refractivity contribution in [3.63, 3.8) is 0 Å². The highest BCUT2D eigenvalue weighted by Crippen LogP contribution is 2.40. The highest BCUT2D eigenvalue weighted by atomic mass is 32.1. The second-order valence-electron chi connectivity index (χ2n) is 4.92. The molecule has 19 heavy (non-hydrogen) atoms. The third-order valence-corrected chi connectivity index (χ3v) is 4.68. The Labute approximate surface area is 116 Å². The van der Waals surface area contributed by atoms with Gasteiger partial charge in [-0.1, -0.05) is 0 Å². The maximum absolute atomic E-state index is 11.1. The fourth-order valence-electron chi connectivity index (χ4n) is 2.20. The van der Waals surface area contributed by atoms with Gasteiger partial charge in [0.1, 0.15) is 0 Å². The summed E-state index contributed by atoms with van der Waals surface area (Å²) in [5.41, 5.74) is 0.116. The van der Waals surface area contributed by atoms with Crippen molar-refractivity contribution < 1.29 is 10.0 Å². The number of hydrogen-bond donors (Lipinski definition) is 1. The molecular formula is C12H19N3O3S. The van der Waals surface area contributed by atoms with Gasteiger partial charge in [0.25, 0.3) is 0 Å². The Morgan fingerprint density at radius 3 is 2.79 bits per heavy atom. The van der Waals surface area contributed by atoms with Crippen molar-refractivity contribution >= 4 is 22.0 Å². The Bertz CT molecular complexity index is 461. The van der Waals surface area contributed by atoms with E-state index in [2.05, 4.69) is 16.8 Å². The minimum Gasteiger partial charge on any atom is -0.388 e. The van der Waals surface area contributed by atoms with Gasteiger partial charge in [-0.2, -0.15) is 0 Å². The number of aliphatic hydroxyl groups is 1. The van der Waals surface area contributed by atoms with E-state index < -0.39 is 6.10 Å². The largest absolute Gasteiger partial charge is 0.388 e. The molecule has 1 aromatic rings. The van der Waals surface area contributed by atoms with Gasteiger partial charge in [-0.15, -0.1) is 11.3 Å². The summed E-state index contributed by atoms with van der Waals surface area (Å²) in [4.78, 5) is 15.7. The van der Waals surface area contributed by atoms with Crippen LogP contribution in [0.5, 0.6) is 0 Å². The van der Waals surface area contributed by atoms with E-state index >= 15 is 0 Å². The van der Waals surface area contributed by atoms with Crippen LogP contribution in [0.3, 0.4) is 0 Å². The van der Waals surface area contributed by atoms with Crippen molar-refractivity contribution in [2.24, 2.45) is 0 Å². The number of likely N-dealkylation sites (N-methyl/N-ethyl adjacent to an activating group) is 1. The molecule has 1 atom stereocenters. The average Bonchev–Trinajstić information content (AvgIpc) is 2.68. The molecule has 1 aliphatic heterocycles. The summed E-state index contributed by atoms with van der Waals surface area (Å²) >= 11 is 1.33. The standard InChI is InChI=1S/C12H19N3O3S/c1-9(16)11-8-10(15(17)18)12(19-11)14-5-3-4-13(2)6-7-14/h8-9,16H,3-7H2,1-2H3. The first-order valence-corrected chi connectivity index (χ1v) is 7.20. The third-order valence-electron chi connectivity index (χ3n) is 3.33. The molecule has 1 saturated heterocycles. The molecule has 1 aliphatic rings. The van der Waals surface area contributed by atoms with E-state index in [1.165, 1.54) is 17.4 Å². The summed E-state index contributed by atoms with van der Waals surface area (Å²) in [5.74, 6) is 0. The van der Waals surface area contributed by atoms with E-state index in [0.717, 1.165) is 32.6 Å². The third kappa shape index (κ3) is 3.23. The monoisotopic (exact) mass is 285 g/mol. The van der Waals surface area contributed by atoms with E-state index in [4.69, 9.17) is 0 Å². The molecular weight excluding hydrogens is 266 g/mol. The number of thiophene rings is 1. The lowest BCUT2D eigenvalue weighted by molar-refractivity contribution is -0.383. The van der Waals surface area contributed by atoms with E-state index in [1.807, 2.05) is 0 Å². The number of anilines is 1. The van der Waals surface area contributed by atoms with Gasteiger partial charge in [-0.05, 0) is 26.9 Å². The molecule has 0 radical (unpaired) electrons. The highest BCUT2D eigenvalue weighted by Gasteiger charge is 2.26. The predicted octanol–water partition coefficient (Wildman–Crippen LogP) is 1.85. The summed E-state index contributed by atoms with van der Waals surface area (Å²) in [5, 5.41) is 21.4. The molecule has 1 unspecified atom stereocenters. The molecule has 0 amide bonds. The number of aliphatic hydroxyl groups excluding tert-OH is 1. The number of rotatable bonds is 3. The first-order chi connectivity index (χ1) is 8.99. The SMILES string of the molecule is CC(O)c1cc([N+](=O)[O-])c(N2CCCN(C)CC2)s1. The Morgan fingerprint density at radius 1 is 1.42 bits per heavy atom. The normalized spacial score (nSPS) is 19.2. The zero-order valence-corrected chi connectivity index (χ0v) is 12.0. The van der Waals surface area contributed by atoms with E-state index in [-0.39, 0.29) is 10.6 Å². The number of nitrogens with zero attached hydrogens (tertiary/aromatic N) is 3. The van der Waals surface area contributed by atoms with Crippen LogP contribution in [0.15, 0.2) is 6.07 Å². The second kappa shape index (κ2) is 5.85. The van der Waals surface area contributed by atoms with Crippen LogP contribution in [0, 0.1) is 10.1 Å². The molecule has 1 N–H and O–H groups in total. The Morgan fingerprint density at radius 2 is 2.16 bits per heavy atom. The fourth-order valence-corrected chi connectivity index (χ4v) is 3.32. The quantitative estimate of drug-likeness (QED) is 0.678. The molecule has 106 valence electrons. The average molecular weight is 285 g/mol. The lowest BCUT2D eigenvalue weighted by Gasteiger charge is -2.20. The Balaban J connectivity index is 2.29. The van der Waals surface area contributed by atoms with Crippen molar-refractivity contribution in [1.29, 1.82) is 0 Å². The minimum absolute atomic E-state index is 0.116. The zero-order valence-electron chi connectivity index (χ0n) is 11.2. The number of nitro groups is 1. The van der Waals surface area contributed by atoms with Crippen LogP contribution < -0.4 is 4.90 Å². The van der Waals surface area contributed by atoms with Crippen LogP contribution in [0.1, 0.15) is 24.3 Å². The zero-order chi connectivity index (χ0) is 14.0. The van der Waals surface area contributed by atoms with E-state index in [1.54, 1.807) is 6.92 Å². The van der Waals surface area contributed by atoms with Crippen LogP contribution in [0.2, 0.25) is 0 Å². The van der Waals surface area contributed by atoms with Crippen LogP contribution in [-0.2, 0) is 0 Å². The molecule has 1 fully saturated rings. The van der Waals surface area contributed by atoms with Gasteiger partial charge < -0.3 is 14.9 Å². The Hall–Kier alpha value is -1.18. The molecule has 0 saturated carbocycles. The topological polar surface area (TPSA) is 69.8 Å². The van der Waals surface area contributed by atoms with Gasteiger partial charge in [0, 0.05) is 30.6 Å². The van der Waals surface area contributed by atoms with Gasteiger partial charge in [0.05, 0.1) is 11.0 Å². The molecule has 0 spiro atoms. The van der Waals surface area contributed by atoms with Crippen molar-refractivity contribution in [2.75, 3.05) is 38.1 Å². The van der Waals surface area contributed by atoms with Crippen LogP contribution >= 0.6 is 11.3 Å². The molecule has 2 heterocycles. The molecule has 0 aliphatic carbocycles. The fraction of sp³-hybridized carbons (Fsp3) is 0.667. The van der Waals surface area contributed by atoms with Crippen LogP contribution in [0.4, 0.5) is 10.7 Å². The van der Waals surface area contributed by atoms with Gasteiger partial charge >= 0.3 is 5.69 Å². The van der Waals surface area contributed by atoms with Gasteiger partial charge in [-0.3, -0.25) is 10.1 Å². The smallest absolute Gasteiger partial charge is 0.304 e.